The summed E-state index contributed by atoms with van der Waals surface area (Å²) in [6.07, 6.45) is 2.37. The molecular formula is C16H32N8O5. The van der Waals surface area contributed by atoms with Crippen LogP contribution in [0, 0.1) is 0 Å². The van der Waals surface area contributed by atoms with Gasteiger partial charge in [0.05, 0.1) is 19.1 Å². The van der Waals surface area contributed by atoms with Gasteiger partial charge in [-0.15, -0.1) is 0 Å². The van der Waals surface area contributed by atoms with Crippen LogP contribution in [0.15, 0.2) is 4.99 Å². The number of aliphatic carboxylic acids is 1. The van der Waals surface area contributed by atoms with E-state index in [-0.39, 0.29) is 25.5 Å². The molecule has 166 valence electrons. The number of unbranched alkanes of at least 4 members (excludes halogenated alkanes) is 1. The minimum Gasteiger partial charge on any atom is -0.480 e. The molecule has 2 unspecified atom stereocenters. The maximum absolute atomic E-state index is 11.8. The SMILES string of the molecule is NCCCCC(N)C(=O)NCC(=O)NCC(=O)NC(CCCN=C(N)N)C(=O)O. The van der Waals surface area contributed by atoms with Crippen molar-refractivity contribution in [1.82, 2.24) is 16.0 Å². The lowest BCUT2D eigenvalue weighted by molar-refractivity contribution is -0.142. The molecule has 0 spiro atoms. The normalized spacial score (nSPS) is 12.3. The molecule has 0 aromatic carbocycles. The number of hydrogen-bond donors (Lipinski definition) is 8. The van der Waals surface area contributed by atoms with E-state index in [1.54, 1.807) is 0 Å². The Morgan fingerprint density at radius 3 is 2.17 bits per heavy atom. The second-order valence-corrected chi connectivity index (χ2v) is 6.29. The maximum atomic E-state index is 11.8. The third-order valence-corrected chi connectivity index (χ3v) is 3.75. The number of carbonyl (C=O) groups is 4. The van der Waals surface area contributed by atoms with Gasteiger partial charge in [0.25, 0.3) is 0 Å². The summed E-state index contributed by atoms with van der Waals surface area (Å²) < 4.78 is 0. The van der Waals surface area contributed by atoms with Crippen LogP contribution in [0.2, 0.25) is 0 Å². The smallest absolute Gasteiger partial charge is 0.326 e. The number of nitrogens with two attached hydrogens (primary N) is 4. The summed E-state index contributed by atoms with van der Waals surface area (Å²) in [6, 6.07) is -1.88. The summed E-state index contributed by atoms with van der Waals surface area (Å²) in [7, 11) is 0. The zero-order chi connectivity index (χ0) is 22.2. The Balaban J connectivity index is 4.17. The molecule has 0 radical (unpaired) electrons. The Bertz CT molecular complexity index is 580. The Morgan fingerprint density at radius 2 is 1.59 bits per heavy atom. The number of rotatable bonds is 15. The predicted molar refractivity (Wildman–Crippen MR) is 106 cm³/mol. The topological polar surface area (TPSA) is 241 Å². The standard InChI is InChI=1S/C16H32N8O5/c17-6-2-1-4-10(18)14(27)23-8-12(25)22-9-13(26)24-11(15(28)29)5-3-7-21-16(19)20/h10-11H,1-9,17-18H2,(H,22,25)(H,23,27)(H,24,26)(H,28,29)(H4,19,20,21). The van der Waals surface area contributed by atoms with Gasteiger partial charge in [0.15, 0.2) is 5.96 Å². The molecule has 29 heavy (non-hydrogen) atoms. The van der Waals surface area contributed by atoms with Gasteiger partial charge >= 0.3 is 5.97 Å². The molecule has 0 saturated heterocycles. The Kier molecular flexibility index (Phi) is 13.5. The van der Waals surface area contributed by atoms with E-state index < -0.39 is 42.3 Å². The number of carbonyl (C=O) groups excluding carboxylic acids is 3. The van der Waals surface area contributed by atoms with E-state index in [9.17, 15) is 19.2 Å². The van der Waals surface area contributed by atoms with E-state index in [1.165, 1.54) is 0 Å². The largest absolute Gasteiger partial charge is 0.480 e. The molecule has 13 heteroatoms. The van der Waals surface area contributed by atoms with Gasteiger partial charge in [0.1, 0.15) is 6.04 Å². The number of aliphatic imine (C=N–C) groups is 1. The number of nitrogens with zero attached hydrogens (tertiary/aromatic N) is 1. The van der Waals surface area contributed by atoms with Crippen LogP contribution in [-0.4, -0.2) is 73.0 Å². The molecule has 0 aliphatic rings. The zero-order valence-electron chi connectivity index (χ0n) is 16.4. The molecule has 2 atom stereocenters. The van der Waals surface area contributed by atoms with Crippen LogP contribution >= 0.6 is 0 Å². The third-order valence-electron chi connectivity index (χ3n) is 3.75. The maximum Gasteiger partial charge on any atom is 0.326 e. The molecule has 0 fully saturated rings. The molecular weight excluding hydrogens is 384 g/mol. The first-order valence-electron chi connectivity index (χ1n) is 9.25. The van der Waals surface area contributed by atoms with Gasteiger partial charge in [-0.1, -0.05) is 6.42 Å². The fourth-order valence-electron chi connectivity index (χ4n) is 2.19. The van der Waals surface area contributed by atoms with Crippen LogP contribution in [0.25, 0.3) is 0 Å². The summed E-state index contributed by atoms with van der Waals surface area (Å²) >= 11 is 0. The van der Waals surface area contributed by atoms with Crippen LogP contribution in [0.3, 0.4) is 0 Å². The highest BCUT2D eigenvalue weighted by Gasteiger charge is 2.20. The van der Waals surface area contributed by atoms with Crippen LogP contribution in [0.5, 0.6) is 0 Å². The number of nitrogens with one attached hydrogen (secondary N) is 3. The summed E-state index contributed by atoms with van der Waals surface area (Å²) in [5, 5.41) is 16.1. The van der Waals surface area contributed by atoms with E-state index in [0.29, 0.717) is 25.8 Å². The molecule has 0 heterocycles. The molecule has 0 rings (SSSR count). The van der Waals surface area contributed by atoms with E-state index >= 15 is 0 Å². The van der Waals surface area contributed by atoms with Crippen LogP contribution in [0.1, 0.15) is 32.1 Å². The Morgan fingerprint density at radius 1 is 0.931 bits per heavy atom. The lowest BCUT2D eigenvalue weighted by atomic mass is 10.1. The highest BCUT2D eigenvalue weighted by Crippen LogP contribution is 1.99. The highest BCUT2D eigenvalue weighted by molar-refractivity contribution is 5.90. The quantitative estimate of drug-likeness (QED) is 0.0742. The molecule has 0 aliphatic carbocycles. The van der Waals surface area contributed by atoms with Gasteiger partial charge in [-0.25, -0.2) is 4.79 Å². The van der Waals surface area contributed by atoms with Crippen molar-refractivity contribution in [3.8, 4) is 0 Å². The fourth-order valence-corrected chi connectivity index (χ4v) is 2.19. The Labute approximate surface area is 169 Å². The van der Waals surface area contributed by atoms with Gasteiger partial charge in [-0.05, 0) is 32.2 Å². The number of guanidine groups is 1. The minimum atomic E-state index is -1.22. The summed E-state index contributed by atoms with van der Waals surface area (Å²) in [5.41, 5.74) is 21.4. The van der Waals surface area contributed by atoms with E-state index in [0.717, 1.165) is 6.42 Å². The third kappa shape index (κ3) is 13.8. The molecule has 3 amide bonds. The first kappa shape index (κ1) is 26.1. The number of carboxylic acids is 1. The van der Waals surface area contributed by atoms with Crippen molar-refractivity contribution >= 4 is 29.7 Å². The van der Waals surface area contributed by atoms with Crippen molar-refractivity contribution in [2.45, 2.75) is 44.2 Å². The van der Waals surface area contributed by atoms with Crippen molar-refractivity contribution in [3.63, 3.8) is 0 Å². The molecule has 0 aliphatic heterocycles. The van der Waals surface area contributed by atoms with Gasteiger partial charge < -0.3 is 44.0 Å². The summed E-state index contributed by atoms with van der Waals surface area (Å²) in [5.74, 6) is -3.09. The average molecular weight is 416 g/mol. The first-order valence-corrected chi connectivity index (χ1v) is 9.25. The van der Waals surface area contributed by atoms with Gasteiger partial charge in [-0.2, -0.15) is 0 Å². The second-order valence-electron chi connectivity index (χ2n) is 6.29. The van der Waals surface area contributed by atoms with Gasteiger partial charge in [0, 0.05) is 6.54 Å². The minimum absolute atomic E-state index is 0.104. The Hall–Kier alpha value is -2.93. The highest BCUT2D eigenvalue weighted by atomic mass is 16.4. The van der Waals surface area contributed by atoms with Crippen molar-refractivity contribution in [3.05, 3.63) is 0 Å². The number of hydrogen-bond acceptors (Lipinski definition) is 7. The van der Waals surface area contributed by atoms with Crippen molar-refractivity contribution in [1.29, 1.82) is 0 Å². The van der Waals surface area contributed by atoms with E-state index in [2.05, 4.69) is 20.9 Å². The van der Waals surface area contributed by atoms with Crippen molar-refractivity contribution < 1.29 is 24.3 Å². The summed E-state index contributed by atoms with van der Waals surface area (Å²) in [4.78, 5) is 50.2. The molecule has 0 aromatic rings. The second kappa shape index (κ2) is 15.0. The number of carboxylic acid groups (broad SMARTS) is 1. The molecule has 0 saturated carbocycles. The lowest BCUT2D eigenvalue weighted by Gasteiger charge is -2.15. The predicted octanol–water partition coefficient (Wildman–Crippen LogP) is -3.70. The summed E-state index contributed by atoms with van der Waals surface area (Å²) in [6.45, 7) is -0.0445. The van der Waals surface area contributed by atoms with Gasteiger partial charge in [-0.3, -0.25) is 19.4 Å². The van der Waals surface area contributed by atoms with Crippen LogP contribution in [0.4, 0.5) is 0 Å². The molecule has 13 nitrogen and oxygen atoms in total. The fraction of sp³-hybridized carbons (Fsp3) is 0.688. The average Bonchev–Trinajstić information content (AvgIpc) is 2.66. The van der Waals surface area contributed by atoms with E-state index in [1.807, 2.05) is 0 Å². The number of amides is 3. The molecule has 12 N–H and O–H groups in total. The van der Waals surface area contributed by atoms with Gasteiger partial charge in [0.2, 0.25) is 17.7 Å². The van der Waals surface area contributed by atoms with E-state index in [4.69, 9.17) is 28.0 Å². The lowest BCUT2D eigenvalue weighted by Crippen LogP contribution is -2.48. The monoisotopic (exact) mass is 416 g/mol. The van der Waals surface area contributed by atoms with Crippen molar-refractivity contribution in [2.75, 3.05) is 26.2 Å². The molecule has 0 aromatic heterocycles. The first-order chi connectivity index (χ1) is 13.7. The zero-order valence-corrected chi connectivity index (χ0v) is 16.4. The molecule has 0 bridgehead atoms. The van der Waals surface area contributed by atoms with Crippen molar-refractivity contribution in [2.24, 2.45) is 27.9 Å². The van der Waals surface area contributed by atoms with Crippen LogP contribution < -0.4 is 38.9 Å². The van der Waals surface area contributed by atoms with Crippen LogP contribution in [-0.2, 0) is 19.2 Å².